The molecule has 1 unspecified atom stereocenters. The third-order valence-corrected chi connectivity index (χ3v) is 3.98. The summed E-state index contributed by atoms with van der Waals surface area (Å²) in [5.41, 5.74) is 8.43. The van der Waals surface area contributed by atoms with Crippen LogP contribution in [-0.4, -0.2) is 13.2 Å². The van der Waals surface area contributed by atoms with E-state index in [4.69, 9.17) is 10.5 Å². The van der Waals surface area contributed by atoms with E-state index in [2.05, 4.69) is 13.8 Å². The first-order valence-corrected chi connectivity index (χ1v) is 5.46. The number of nitrogens with two attached hydrogens (primary N) is 1. The average Bonchev–Trinajstić information content (AvgIpc) is 2.43. The summed E-state index contributed by atoms with van der Waals surface area (Å²) in [6.07, 6.45) is 1.21. The molecule has 0 saturated heterocycles. The standard InChI is InChI=1S/C10H15NOS/c1-6-7(2)13-9-3-4-12-8(5-11)10(6)9/h8H,3-5,11H2,1-2H3. The van der Waals surface area contributed by atoms with Crippen LogP contribution in [0.25, 0.3) is 0 Å². The molecule has 0 bridgehead atoms. The van der Waals surface area contributed by atoms with Crippen molar-refractivity contribution in [2.24, 2.45) is 5.73 Å². The second kappa shape index (κ2) is 3.40. The summed E-state index contributed by atoms with van der Waals surface area (Å²) in [6, 6.07) is 0. The topological polar surface area (TPSA) is 35.2 Å². The molecule has 2 rings (SSSR count). The molecular weight excluding hydrogens is 182 g/mol. The van der Waals surface area contributed by atoms with E-state index in [1.807, 2.05) is 11.3 Å². The number of aryl methyl sites for hydroxylation is 1. The SMILES string of the molecule is Cc1sc2c(c1C)C(CN)OCC2. The van der Waals surface area contributed by atoms with E-state index in [-0.39, 0.29) is 6.10 Å². The molecular formula is C10H15NOS. The normalized spacial score (nSPS) is 21.6. The van der Waals surface area contributed by atoms with E-state index in [1.54, 1.807) is 0 Å². The zero-order valence-electron chi connectivity index (χ0n) is 8.09. The van der Waals surface area contributed by atoms with Gasteiger partial charge in [-0.15, -0.1) is 11.3 Å². The van der Waals surface area contributed by atoms with Crippen LogP contribution < -0.4 is 5.73 Å². The molecule has 0 fully saturated rings. The molecule has 72 valence electrons. The highest BCUT2D eigenvalue weighted by Gasteiger charge is 2.24. The highest BCUT2D eigenvalue weighted by molar-refractivity contribution is 7.12. The van der Waals surface area contributed by atoms with Gasteiger partial charge in [0.05, 0.1) is 12.7 Å². The van der Waals surface area contributed by atoms with Gasteiger partial charge in [0, 0.05) is 22.7 Å². The molecule has 1 aliphatic heterocycles. The van der Waals surface area contributed by atoms with Crippen molar-refractivity contribution in [2.45, 2.75) is 26.4 Å². The molecule has 0 aromatic carbocycles. The van der Waals surface area contributed by atoms with Gasteiger partial charge in [-0.1, -0.05) is 0 Å². The summed E-state index contributed by atoms with van der Waals surface area (Å²) in [7, 11) is 0. The predicted octanol–water partition coefficient (Wildman–Crippen LogP) is 1.94. The Morgan fingerprint density at radius 1 is 1.54 bits per heavy atom. The van der Waals surface area contributed by atoms with Gasteiger partial charge in [-0.3, -0.25) is 0 Å². The maximum absolute atomic E-state index is 5.68. The van der Waals surface area contributed by atoms with Crippen molar-refractivity contribution in [1.29, 1.82) is 0 Å². The number of hydrogen-bond acceptors (Lipinski definition) is 3. The molecule has 0 radical (unpaired) electrons. The van der Waals surface area contributed by atoms with Crippen LogP contribution in [0.1, 0.15) is 27.0 Å². The lowest BCUT2D eigenvalue weighted by molar-refractivity contribution is 0.0493. The Kier molecular flexibility index (Phi) is 2.41. The molecule has 2 nitrogen and oxygen atoms in total. The van der Waals surface area contributed by atoms with Crippen LogP contribution in [0.15, 0.2) is 0 Å². The maximum Gasteiger partial charge on any atom is 0.0960 e. The van der Waals surface area contributed by atoms with Crippen molar-refractivity contribution in [2.75, 3.05) is 13.2 Å². The fourth-order valence-corrected chi connectivity index (χ4v) is 3.10. The molecule has 13 heavy (non-hydrogen) atoms. The van der Waals surface area contributed by atoms with Gasteiger partial charge >= 0.3 is 0 Å². The van der Waals surface area contributed by atoms with Crippen molar-refractivity contribution in [3.63, 3.8) is 0 Å². The molecule has 1 aliphatic rings. The summed E-state index contributed by atoms with van der Waals surface area (Å²) in [5, 5.41) is 0. The smallest absolute Gasteiger partial charge is 0.0960 e. The van der Waals surface area contributed by atoms with Gasteiger partial charge in [-0.25, -0.2) is 0 Å². The van der Waals surface area contributed by atoms with Gasteiger partial charge in [0.1, 0.15) is 0 Å². The van der Waals surface area contributed by atoms with Crippen molar-refractivity contribution in [3.8, 4) is 0 Å². The third-order valence-electron chi connectivity index (χ3n) is 2.69. The molecule has 1 aromatic rings. The second-order valence-corrected chi connectivity index (χ2v) is 4.77. The lowest BCUT2D eigenvalue weighted by Crippen LogP contribution is -2.22. The molecule has 0 spiro atoms. The quantitative estimate of drug-likeness (QED) is 0.746. The van der Waals surface area contributed by atoms with Crippen LogP contribution in [0.5, 0.6) is 0 Å². The summed E-state index contributed by atoms with van der Waals surface area (Å²) in [4.78, 5) is 2.89. The van der Waals surface area contributed by atoms with Gasteiger partial charge in [0.2, 0.25) is 0 Å². The fourth-order valence-electron chi connectivity index (χ4n) is 1.88. The lowest BCUT2D eigenvalue weighted by Gasteiger charge is -2.22. The van der Waals surface area contributed by atoms with Crippen LogP contribution in [0.4, 0.5) is 0 Å². The zero-order chi connectivity index (χ0) is 9.42. The van der Waals surface area contributed by atoms with Crippen molar-refractivity contribution < 1.29 is 4.74 Å². The monoisotopic (exact) mass is 197 g/mol. The Balaban J connectivity index is 2.47. The highest BCUT2D eigenvalue weighted by atomic mass is 32.1. The molecule has 2 N–H and O–H groups in total. The second-order valence-electron chi connectivity index (χ2n) is 3.47. The molecule has 0 saturated carbocycles. The van der Waals surface area contributed by atoms with Gasteiger partial charge in [-0.05, 0) is 25.0 Å². The minimum absolute atomic E-state index is 0.147. The maximum atomic E-state index is 5.68. The Hall–Kier alpha value is -0.380. The Bertz CT molecular complexity index is 319. The minimum atomic E-state index is 0.147. The van der Waals surface area contributed by atoms with Crippen molar-refractivity contribution in [3.05, 3.63) is 20.9 Å². The summed E-state index contributed by atoms with van der Waals surface area (Å²) in [6.45, 7) is 5.77. The zero-order valence-corrected chi connectivity index (χ0v) is 8.91. The number of ether oxygens (including phenoxy) is 1. The largest absolute Gasteiger partial charge is 0.372 e. The van der Waals surface area contributed by atoms with Gasteiger partial charge in [0.25, 0.3) is 0 Å². The molecule has 1 atom stereocenters. The van der Waals surface area contributed by atoms with Crippen LogP contribution in [0.3, 0.4) is 0 Å². The van der Waals surface area contributed by atoms with Crippen LogP contribution >= 0.6 is 11.3 Å². The van der Waals surface area contributed by atoms with E-state index in [1.165, 1.54) is 20.9 Å². The summed E-state index contributed by atoms with van der Waals surface area (Å²) >= 11 is 1.90. The Morgan fingerprint density at radius 2 is 2.31 bits per heavy atom. The summed E-state index contributed by atoms with van der Waals surface area (Å²) in [5.74, 6) is 0. The number of thiophene rings is 1. The van der Waals surface area contributed by atoms with E-state index in [9.17, 15) is 0 Å². The van der Waals surface area contributed by atoms with Crippen LogP contribution in [-0.2, 0) is 11.2 Å². The Labute approximate surface area is 82.7 Å². The lowest BCUT2D eigenvalue weighted by atomic mass is 10.0. The van der Waals surface area contributed by atoms with Gasteiger partial charge in [-0.2, -0.15) is 0 Å². The third kappa shape index (κ3) is 1.41. The fraction of sp³-hybridized carbons (Fsp3) is 0.600. The first-order valence-electron chi connectivity index (χ1n) is 4.64. The van der Waals surface area contributed by atoms with Gasteiger partial charge < -0.3 is 10.5 Å². The highest BCUT2D eigenvalue weighted by Crippen LogP contribution is 2.36. The number of hydrogen-bond donors (Lipinski definition) is 1. The number of fused-ring (bicyclic) bond motifs is 1. The molecule has 1 aromatic heterocycles. The van der Waals surface area contributed by atoms with E-state index >= 15 is 0 Å². The Morgan fingerprint density at radius 3 is 3.00 bits per heavy atom. The van der Waals surface area contributed by atoms with E-state index < -0.39 is 0 Å². The minimum Gasteiger partial charge on any atom is -0.372 e. The van der Waals surface area contributed by atoms with Crippen molar-refractivity contribution in [1.82, 2.24) is 0 Å². The van der Waals surface area contributed by atoms with Gasteiger partial charge in [0.15, 0.2) is 0 Å². The predicted molar refractivity (Wildman–Crippen MR) is 55.2 cm³/mol. The molecule has 0 amide bonds. The number of rotatable bonds is 1. The molecule has 2 heterocycles. The summed E-state index contributed by atoms with van der Waals surface area (Å²) < 4.78 is 5.63. The van der Waals surface area contributed by atoms with Crippen molar-refractivity contribution >= 4 is 11.3 Å². The van der Waals surface area contributed by atoms with E-state index in [0.717, 1.165) is 13.0 Å². The molecule has 3 heteroatoms. The van der Waals surface area contributed by atoms with E-state index in [0.29, 0.717) is 6.54 Å². The molecule has 0 aliphatic carbocycles. The first kappa shape index (κ1) is 9.19. The first-order chi connectivity index (χ1) is 6.24. The van der Waals surface area contributed by atoms with Crippen LogP contribution in [0, 0.1) is 13.8 Å². The average molecular weight is 197 g/mol. The van der Waals surface area contributed by atoms with Crippen LogP contribution in [0.2, 0.25) is 0 Å².